The lowest BCUT2D eigenvalue weighted by Crippen LogP contribution is -2.05. The van der Waals surface area contributed by atoms with E-state index in [1.54, 1.807) is 0 Å². The third-order valence-electron chi connectivity index (χ3n) is 0.714. The molecule has 8 heteroatoms. The molecule has 0 saturated heterocycles. The van der Waals surface area contributed by atoms with Crippen molar-refractivity contribution < 1.29 is 33.8 Å². The van der Waals surface area contributed by atoms with Gasteiger partial charge in [0.2, 0.25) is 5.76 Å². The van der Waals surface area contributed by atoms with Gasteiger partial charge in [-0.15, -0.1) is 0 Å². The molecule has 0 heterocycles. The van der Waals surface area contributed by atoms with Crippen LogP contribution in [0.5, 0.6) is 0 Å². The smallest absolute Gasteiger partial charge is 0.475 e. The summed E-state index contributed by atoms with van der Waals surface area (Å²) in [5.74, 6) is -2.80. The normalized spacial score (nSPS) is 14.4. The van der Waals surface area contributed by atoms with Crippen molar-refractivity contribution in [3.63, 3.8) is 0 Å². The average Bonchev–Trinajstić information content (AvgIpc) is 1.85. The summed E-state index contributed by atoms with van der Waals surface area (Å²) in [5, 5.41) is 16.1. The molecule has 0 saturated carbocycles. The molecule has 0 aliphatic rings. The van der Waals surface area contributed by atoms with E-state index in [2.05, 4.69) is 11.1 Å². The zero-order valence-electron chi connectivity index (χ0n) is 5.63. The van der Waals surface area contributed by atoms with Gasteiger partial charge in [-0.2, -0.15) is 0 Å². The molecule has 1 atom stereocenters. The molecule has 0 spiro atoms. The predicted molar refractivity (Wildman–Crippen MR) is 35.7 cm³/mol. The van der Waals surface area contributed by atoms with Crippen molar-refractivity contribution in [3.8, 4) is 0 Å². The van der Waals surface area contributed by atoms with Crippen LogP contribution in [-0.4, -0.2) is 26.8 Å². The van der Waals surface area contributed by atoms with E-state index in [9.17, 15) is 14.2 Å². The van der Waals surface area contributed by atoms with E-state index in [4.69, 9.17) is 15.1 Å². The number of carbonyl (C=O) groups is 2. The fraction of sp³-hybridized carbons (Fsp3) is 0. The molecule has 0 aliphatic heterocycles. The summed E-state index contributed by atoms with van der Waals surface area (Å²) in [6.07, 6.45) is 0. The van der Waals surface area contributed by atoms with Crippen molar-refractivity contribution in [2.45, 2.75) is 0 Å². The molecule has 0 aliphatic carbocycles. The van der Waals surface area contributed by atoms with E-state index in [-0.39, 0.29) is 0 Å². The molecular formula is C4H5O7P. The van der Waals surface area contributed by atoms with Gasteiger partial charge in [0.1, 0.15) is 0 Å². The molecule has 0 amide bonds. The molecule has 0 aromatic rings. The van der Waals surface area contributed by atoms with Crippen LogP contribution in [-0.2, 0) is 13.9 Å². The van der Waals surface area contributed by atoms with Crippen LogP contribution < -0.4 is 0 Å². The van der Waals surface area contributed by atoms with Crippen molar-refractivity contribution in [1.82, 2.24) is 0 Å². The molecule has 12 heavy (non-hydrogen) atoms. The number of carboxylic acid groups (broad SMARTS) is 2. The molecule has 0 radical (unpaired) electrons. The molecule has 0 fully saturated rings. The van der Waals surface area contributed by atoms with E-state index < -0.39 is 25.0 Å². The minimum absolute atomic E-state index is 1.09. The highest BCUT2D eigenvalue weighted by Gasteiger charge is 2.33. The minimum Gasteiger partial charge on any atom is -0.475 e. The highest BCUT2D eigenvalue weighted by atomic mass is 31.2. The Morgan fingerprint density at radius 1 is 1.33 bits per heavy atom. The van der Waals surface area contributed by atoms with Crippen molar-refractivity contribution in [2.24, 2.45) is 0 Å². The summed E-state index contributed by atoms with van der Waals surface area (Å²) in [4.78, 5) is 28.3. The van der Waals surface area contributed by atoms with Crippen LogP contribution in [0.1, 0.15) is 0 Å². The van der Waals surface area contributed by atoms with Crippen LogP contribution in [0.4, 0.5) is 4.79 Å². The first-order valence-corrected chi connectivity index (χ1v) is 4.03. The van der Waals surface area contributed by atoms with Crippen molar-refractivity contribution >= 4 is 19.3 Å². The van der Waals surface area contributed by atoms with Gasteiger partial charge >= 0.3 is 19.3 Å². The minimum atomic E-state index is -4.94. The highest BCUT2D eigenvalue weighted by molar-refractivity contribution is 7.70. The van der Waals surface area contributed by atoms with Crippen molar-refractivity contribution in [3.05, 3.63) is 12.3 Å². The summed E-state index contributed by atoms with van der Waals surface area (Å²) in [5.41, 5.74) is -2.13. The zero-order chi connectivity index (χ0) is 9.94. The van der Waals surface area contributed by atoms with Crippen LogP contribution >= 0.6 is 7.60 Å². The standard InChI is InChI=1S/C4H5O7P/c1-2(3(5)6)11-12(9,10)4(7)8/h1H2,(H,5,6)(H,7,8)(H,9,10). The van der Waals surface area contributed by atoms with Crippen LogP contribution in [0.25, 0.3) is 0 Å². The van der Waals surface area contributed by atoms with Gasteiger partial charge in [-0.05, 0) is 6.58 Å². The fourth-order valence-corrected chi connectivity index (χ4v) is 0.682. The van der Waals surface area contributed by atoms with Gasteiger partial charge in [-0.3, -0.25) is 0 Å². The van der Waals surface area contributed by atoms with Gasteiger partial charge < -0.3 is 19.6 Å². The molecular weight excluding hydrogens is 191 g/mol. The summed E-state index contributed by atoms with van der Waals surface area (Å²) in [6, 6.07) is 0. The van der Waals surface area contributed by atoms with Gasteiger partial charge in [0.05, 0.1) is 0 Å². The second-order valence-electron chi connectivity index (χ2n) is 1.62. The summed E-state index contributed by atoms with van der Waals surface area (Å²) < 4.78 is 14.1. The Morgan fingerprint density at radius 2 is 1.75 bits per heavy atom. The summed E-state index contributed by atoms with van der Waals surface area (Å²) in [6.45, 7) is 2.70. The Hall–Kier alpha value is -1.33. The average molecular weight is 196 g/mol. The van der Waals surface area contributed by atoms with Crippen molar-refractivity contribution in [2.75, 3.05) is 0 Å². The molecule has 0 aromatic heterocycles. The Morgan fingerprint density at radius 3 is 2.00 bits per heavy atom. The van der Waals surface area contributed by atoms with E-state index in [0.717, 1.165) is 0 Å². The number of hydrogen-bond acceptors (Lipinski definition) is 4. The van der Waals surface area contributed by atoms with Gasteiger partial charge in [-0.1, -0.05) is 0 Å². The number of carboxylic acids is 1. The first-order chi connectivity index (χ1) is 5.27. The number of aliphatic carboxylic acids is 1. The van der Waals surface area contributed by atoms with E-state index in [1.165, 1.54) is 0 Å². The topological polar surface area (TPSA) is 121 Å². The van der Waals surface area contributed by atoms with Crippen LogP contribution in [0.3, 0.4) is 0 Å². The van der Waals surface area contributed by atoms with Crippen LogP contribution in [0, 0.1) is 0 Å². The molecule has 1 unspecified atom stereocenters. The van der Waals surface area contributed by atoms with Gasteiger partial charge in [0.25, 0.3) is 0 Å². The highest BCUT2D eigenvalue weighted by Crippen LogP contribution is 2.44. The van der Waals surface area contributed by atoms with Gasteiger partial charge in [0.15, 0.2) is 0 Å². The first-order valence-electron chi connectivity index (χ1n) is 2.45. The Labute approximate surface area is 66.4 Å². The Kier molecular flexibility index (Phi) is 3.00. The van der Waals surface area contributed by atoms with Gasteiger partial charge in [-0.25, -0.2) is 14.2 Å². The molecule has 68 valence electrons. The monoisotopic (exact) mass is 196 g/mol. The third-order valence-corrected chi connectivity index (χ3v) is 1.67. The quantitative estimate of drug-likeness (QED) is 0.339. The number of rotatable bonds is 4. The Bertz CT molecular complexity index is 279. The summed E-state index contributed by atoms with van der Waals surface area (Å²) in [7, 11) is -4.94. The van der Waals surface area contributed by atoms with E-state index in [0.29, 0.717) is 0 Å². The maximum atomic E-state index is 10.4. The molecule has 7 nitrogen and oxygen atoms in total. The maximum absolute atomic E-state index is 10.4. The lowest BCUT2D eigenvalue weighted by molar-refractivity contribution is -0.135. The second kappa shape index (κ2) is 3.38. The molecule has 0 aromatic carbocycles. The largest absolute Gasteiger partial charge is 0.485 e. The fourth-order valence-electron chi connectivity index (χ4n) is 0.227. The zero-order valence-corrected chi connectivity index (χ0v) is 6.52. The van der Waals surface area contributed by atoms with Crippen LogP contribution in [0.2, 0.25) is 0 Å². The molecule has 0 rings (SSSR count). The van der Waals surface area contributed by atoms with Crippen molar-refractivity contribution in [1.29, 1.82) is 0 Å². The lowest BCUT2D eigenvalue weighted by Gasteiger charge is -2.06. The number of hydrogen-bond donors (Lipinski definition) is 3. The Balaban J connectivity index is 4.47. The predicted octanol–water partition coefficient (Wildman–Crippen LogP) is 0.465. The lowest BCUT2D eigenvalue weighted by atomic mass is 10.6. The molecule has 3 N–H and O–H groups in total. The summed E-state index contributed by atoms with van der Waals surface area (Å²) >= 11 is 0. The van der Waals surface area contributed by atoms with E-state index >= 15 is 0 Å². The van der Waals surface area contributed by atoms with Crippen LogP contribution in [0.15, 0.2) is 12.3 Å². The SMILES string of the molecule is C=C(OP(=O)(O)C(=O)O)C(=O)O. The first kappa shape index (κ1) is 10.7. The molecule has 0 bridgehead atoms. The van der Waals surface area contributed by atoms with Gasteiger partial charge in [0, 0.05) is 0 Å². The third kappa shape index (κ3) is 2.73. The second-order valence-corrected chi connectivity index (χ2v) is 3.23. The maximum Gasteiger partial charge on any atom is 0.485 e. The van der Waals surface area contributed by atoms with E-state index in [1.807, 2.05) is 0 Å².